The summed E-state index contributed by atoms with van der Waals surface area (Å²) in [6.07, 6.45) is 10.7. The normalized spacial score (nSPS) is 38.2. The predicted molar refractivity (Wildman–Crippen MR) is 136 cm³/mol. The fourth-order valence-electron chi connectivity index (χ4n) is 8.63. The summed E-state index contributed by atoms with van der Waals surface area (Å²) < 4.78 is 6.30. The van der Waals surface area contributed by atoms with E-state index in [1.165, 1.54) is 37.7 Å². The molecule has 4 aliphatic rings. The summed E-state index contributed by atoms with van der Waals surface area (Å²) in [5.74, 6) is 2.81. The first-order valence-corrected chi connectivity index (χ1v) is 13.4. The lowest BCUT2D eigenvalue weighted by Crippen LogP contribution is -2.53. The van der Waals surface area contributed by atoms with E-state index < -0.39 is 0 Å². The molecule has 1 N–H and O–H groups in total. The van der Waals surface area contributed by atoms with Crippen molar-refractivity contribution in [3.8, 4) is 5.75 Å². The van der Waals surface area contributed by atoms with Gasteiger partial charge in [0, 0.05) is 0 Å². The van der Waals surface area contributed by atoms with Gasteiger partial charge in [0.1, 0.15) is 5.75 Å². The van der Waals surface area contributed by atoms with Crippen molar-refractivity contribution in [1.82, 2.24) is 0 Å². The van der Waals surface area contributed by atoms with Gasteiger partial charge >= 0.3 is 0 Å². The number of ether oxygens (including phenoxy) is 1. The van der Waals surface area contributed by atoms with Crippen LogP contribution in [0, 0.1) is 40.9 Å². The first kappa shape index (κ1) is 23.2. The maximum atomic E-state index is 10.8. The zero-order valence-electron chi connectivity index (χ0n) is 21.7. The molecule has 0 heterocycles. The second-order valence-corrected chi connectivity index (χ2v) is 12.8. The molecule has 1 aromatic rings. The average Bonchev–Trinajstić information content (AvgIpc) is 3.13. The number of hydrogen-bond donors (Lipinski definition) is 1. The van der Waals surface area contributed by atoms with Gasteiger partial charge in [-0.1, -0.05) is 64.5 Å². The minimum atomic E-state index is -0.157. The summed E-state index contributed by atoms with van der Waals surface area (Å²) in [4.78, 5) is 0. The number of fused-ring (bicyclic) bond motifs is 4. The van der Waals surface area contributed by atoms with Gasteiger partial charge in [-0.15, -0.1) is 0 Å². The van der Waals surface area contributed by atoms with Crippen LogP contribution in [-0.4, -0.2) is 17.8 Å². The van der Waals surface area contributed by atoms with Crippen LogP contribution in [0.3, 0.4) is 0 Å². The molecule has 0 spiro atoms. The highest BCUT2D eigenvalue weighted by Crippen LogP contribution is 2.66. The topological polar surface area (TPSA) is 29.5 Å². The number of benzene rings is 1. The Labute approximate surface area is 201 Å². The quantitative estimate of drug-likeness (QED) is 0.512. The second kappa shape index (κ2) is 8.01. The third kappa shape index (κ3) is 3.46. The van der Waals surface area contributed by atoms with Gasteiger partial charge in [-0.05, 0) is 109 Å². The Morgan fingerprint density at radius 2 is 1.79 bits per heavy atom. The lowest BCUT2D eigenvalue weighted by atomic mass is 9.46. The summed E-state index contributed by atoms with van der Waals surface area (Å²) in [6.45, 7) is 15.1. The van der Waals surface area contributed by atoms with Gasteiger partial charge in [-0.2, -0.15) is 0 Å². The number of aliphatic hydroxyl groups is 1. The summed E-state index contributed by atoms with van der Waals surface area (Å²) in [6, 6.07) is 8.38. The Kier molecular flexibility index (Phi) is 5.63. The number of allylic oxidation sites excluding steroid dienone is 4. The lowest BCUT2D eigenvalue weighted by Gasteiger charge is -2.59. The van der Waals surface area contributed by atoms with Crippen molar-refractivity contribution in [3.63, 3.8) is 0 Å². The molecular formula is C31H44O2. The molecule has 0 aromatic heterocycles. The van der Waals surface area contributed by atoms with Crippen molar-refractivity contribution in [3.05, 3.63) is 52.6 Å². The molecule has 2 heteroatoms. The number of para-hydroxylation sites is 1. The Hall–Kier alpha value is -1.54. The molecule has 5 rings (SSSR count). The molecule has 0 unspecified atom stereocenters. The van der Waals surface area contributed by atoms with E-state index in [4.69, 9.17) is 4.74 Å². The van der Waals surface area contributed by atoms with Crippen molar-refractivity contribution >= 4 is 0 Å². The highest BCUT2D eigenvalue weighted by atomic mass is 16.5. The molecule has 0 bridgehead atoms. The predicted octanol–water partition coefficient (Wildman–Crippen LogP) is 7.65. The molecule has 0 aliphatic heterocycles. The number of rotatable bonds is 4. The van der Waals surface area contributed by atoms with Crippen LogP contribution >= 0.6 is 0 Å². The molecular weight excluding hydrogens is 404 g/mol. The molecule has 4 aliphatic carbocycles. The zero-order chi connectivity index (χ0) is 23.6. The van der Waals surface area contributed by atoms with Crippen molar-refractivity contribution in [1.29, 1.82) is 0 Å². The molecule has 6 atom stereocenters. The number of hydrogen-bond acceptors (Lipinski definition) is 2. The monoisotopic (exact) mass is 448 g/mol. The van der Waals surface area contributed by atoms with Gasteiger partial charge < -0.3 is 9.84 Å². The SMILES string of the molecule is Cc1ccccc1OC[C@@H](C)[C@H]1CC=C2C3=C(CC[C@@]21C)[C@@]1(C)CC[C@H](O)C(C)(C)[C@@H]1CC3. The van der Waals surface area contributed by atoms with E-state index in [9.17, 15) is 5.11 Å². The van der Waals surface area contributed by atoms with Gasteiger partial charge in [0.2, 0.25) is 0 Å². The highest BCUT2D eigenvalue weighted by molar-refractivity contribution is 5.50. The van der Waals surface area contributed by atoms with E-state index >= 15 is 0 Å². The number of aryl methyl sites for hydroxylation is 1. The molecule has 1 aromatic carbocycles. The lowest BCUT2D eigenvalue weighted by molar-refractivity contribution is -0.0905. The van der Waals surface area contributed by atoms with E-state index in [1.807, 2.05) is 0 Å². The van der Waals surface area contributed by atoms with Crippen LogP contribution in [0.2, 0.25) is 0 Å². The van der Waals surface area contributed by atoms with Gasteiger partial charge in [0.25, 0.3) is 0 Å². The van der Waals surface area contributed by atoms with E-state index in [0.29, 0.717) is 17.8 Å². The Balaban J connectivity index is 1.38. The molecule has 180 valence electrons. The Morgan fingerprint density at radius 3 is 2.55 bits per heavy atom. The minimum Gasteiger partial charge on any atom is -0.493 e. The molecule has 33 heavy (non-hydrogen) atoms. The van der Waals surface area contributed by atoms with Crippen LogP contribution in [0.15, 0.2) is 47.1 Å². The van der Waals surface area contributed by atoms with Crippen molar-refractivity contribution in [2.45, 2.75) is 92.6 Å². The largest absolute Gasteiger partial charge is 0.493 e. The van der Waals surface area contributed by atoms with Crippen LogP contribution in [0.25, 0.3) is 0 Å². The van der Waals surface area contributed by atoms with Crippen molar-refractivity contribution in [2.24, 2.45) is 34.0 Å². The molecule has 0 radical (unpaired) electrons. The smallest absolute Gasteiger partial charge is 0.122 e. The average molecular weight is 449 g/mol. The summed E-state index contributed by atoms with van der Waals surface area (Å²) in [5.41, 5.74) is 6.92. The van der Waals surface area contributed by atoms with Crippen molar-refractivity contribution < 1.29 is 9.84 Å². The van der Waals surface area contributed by atoms with Crippen LogP contribution in [0.1, 0.15) is 85.1 Å². The maximum Gasteiger partial charge on any atom is 0.122 e. The fraction of sp³-hybridized carbons (Fsp3) is 0.677. The molecule has 2 nitrogen and oxygen atoms in total. The summed E-state index contributed by atoms with van der Waals surface area (Å²) in [5, 5.41) is 10.8. The van der Waals surface area contributed by atoms with E-state index in [2.05, 4.69) is 71.9 Å². The zero-order valence-corrected chi connectivity index (χ0v) is 21.7. The second-order valence-electron chi connectivity index (χ2n) is 12.8. The first-order chi connectivity index (χ1) is 15.6. The van der Waals surface area contributed by atoms with E-state index in [1.54, 1.807) is 16.7 Å². The standard InChI is InChI=1S/C31H44O2/c1-20-9-7-8-10-26(20)33-19-21(2)23-12-13-24-22-11-14-27-29(3,4)28(32)16-18-31(27,6)25(22)15-17-30(23,24)5/h7-10,13,21,23,27-28,32H,11-12,14-19H2,1-6H3/t21-,23-,27+,28+,30-,31-/m1/s1. The third-order valence-corrected chi connectivity index (χ3v) is 10.7. The number of aliphatic hydroxyl groups excluding tert-OH is 1. The Bertz CT molecular complexity index is 984. The van der Waals surface area contributed by atoms with Gasteiger partial charge in [0.05, 0.1) is 12.7 Å². The van der Waals surface area contributed by atoms with Crippen LogP contribution in [0.5, 0.6) is 5.75 Å². The summed E-state index contributed by atoms with van der Waals surface area (Å²) >= 11 is 0. The van der Waals surface area contributed by atoms with Crippen LogP contribution in [0.4, 0.5) is 0 Å². The van der Waals surface area contributed by atoms with Crippen molar-refractivity contribution in [2.75, 3.05) is 6.61 Å². The third-order valence-electron chi connectivity index (χ3n) is 10.7. The van der Waals surface area contributed by atoms with Crippen LogP contribution < -0.4 is 4.74 Å². The molecule has 0 saturated heterocycles. The maximum absolute atomic E-state index is 10.8. The summed E-state index contributed by atoms with van der Waals surface area (Å²) in [7, 11) is 0. The highest BCUT2D eigenvalue weighted by Gasteiger charge is 2.57. The fourth-order valence-corrected chi connectivity index (χ4v) is 8.63. The first-order valence-electron chi connectivity index (χ1n) is 13.4. The van der Waals surface area contributed by atoms with E-state index in [0.717, 1.165) is 25.2 Å². The van der Waals surface area contributed by atoms with Gasteiger partial charge in [-0.25, -0.2) is 0 Å². The molecule has 0 amide bonds. The molecule has 1 saturated carbocycles. The van der Waals surface area contributed by atoms with Crippen LogP contribution in [-0.2, 0) is 0 Å². The van der Waals surface area contributed by atoms with Gasteiger partial charge in [0.15, 0.2) is 0 Å². The molecule has 1 fully saturated rings. The van der Waals surface area contributed by atoms with Gasteiger partial charge in [-0.3, -0.25) is 0 Å². The minimum absolute atomic E-state index is 0.0142. The Morgan fingerprint density at radius 1 is 1.03 bits per heavy atom. The van der Waals surface area contributed by atoms with E-state index in [-0.39, 0.29) is 22.3 Å².